The Morgan fingerprint density at radius 2 is 1.79 bits per heavy atom. The van der Waals surface area contributed by atoms with Gasteiger partial charge in [-0.2, -0.15) is 0 Å². The van der Waals surface area contributed by atoms with Gasteiger partial charge < -0.3 is 9.15 Å². The fourth-order valence-electron chi connectivity index (χ4n) is 4.10. The minimum atomic E-state index is -0.848. The summed E-state index contributed by atoms with van der Waals surface area (Å²) >= 11 is 1.16. The van der Waals surface area contributed by atoms with E-state index >= 15 is 0 Å². The first-order chi connectivity index (χ1) is 16.6. The zero-order valence-electron chi connectivity index (χ0n) is 17.3. The quantitative estimate of drug-likeness (QED) is 0.352. The number of aromatic nitrogens is 2. The maximum absolute atomic E-state index is 13.9. The molecule has 166 valence electrons. The first-order valence-electron chi connectivity index (χ1n) is 10.3. The van der Waals surface area contributed by atoms with Crippen LogP contribution in [0.1, 0.15) is 27.7 Å². The van der Waals surface area contributed by atoms with Crippen LogP contribution in [0.15, 0.2) is 87.5 Å². The molecular formula is C25H14FN3O4S. The SMILES string of the molecule is O=C1c2oc3ccc(F)cc3c(=O)c2C(c2cccc(Oc3ccccc3)c2)N1c1nncs1. The minimum absolute atomic E-state index is 0.0624. The van der Waals surface area contributed by atoms with E-state index in [9.17, 15) is 14.0 Å². The first-order valence-corrected chi connectivity index (χ1v) is 11.2. The summed E-state index contributed by atoms with van der Waals surface area (Å²) in [5.74, 6) is -0.0180. The number of halogens is 1. The number of anilines is 1. The summed E-state index contributed by atoms with van der Waals surface area (Å²) in [6.45, 7) is 0. The number of para-hydroxylation sites is 1. The Morgan fingerprint density at radius 1 is 0.971 bits per heavy atom. The molecule has 0 radical (unpaired) electrons. The zero-order chi connectivity index (χ0) is 23.2. The van der Waals surface area contributed by atoms with E-state index in [1.165, 1.54) is 22.5 Å². The second kappa shape index (κ2) is 7.89. The second-order valence-corrected chi connectivity index (χ2v) is 8.41. The standard InChI is InChI=1S/C25H14FN3O4S/c26-15-9-10-19-18(12-15)22(30)20-21(29(24(31)23(20)33-19)25-28-27-13-34-25)14-5-4-8-17(11-14)32-16-6-2-1-3-7-16/h1-13,21H. The van der Waals surface area contributed by atoms with Gasteiger partial charge in [-0.25, -0.2) is 4.39 Å². The van der Waals surface area contributed by atoms with Gasteiger partial charge in [0.15, 0.2) is 5.43 Å². The summed E-state index contributed by atoms with van der Waals surface area (Å²) in [7, 11) is 0. The van der Waals surface area contributed by atoms with E-state index < -0.39 is 23.2 Å². The van der Waals surface area contributed by atoms with Crippen LogP contribution in [0, 0.1) is 5.82 Å². The van der Waals surface area contributed by atoms with Gasteiger partial charge in [0.1, 0.15) is 28.4 Å². The van der Waals surface area contributed by atoms with Gasteiger partial charge in [0.05, 0.1) is 17.0 Å². The van der Waals surface area contributed by atoms with Crippen LogP contribution >= 0.6 is 11.3 Å². The number of fused-ring (bicyclic) bond motifs is 2. The largest absolute Gasteiger partial charge is 0.457 e. The topological polar surface area (TPSA) is 85.5 Å². The molecule has 3 heterocycles. The van der Waals surface area contributed by atoms with Gasteiger partial charge in [-0.05, 0) is 48.0 Å². The lowest BCUT2D eigenvalue weighted by Crippen LogP contribution is -2.29. The average Bonchev–Trinajstić information content (AvgIpc) is 3.47. The van der Waals surface area contributed by atoms with Crippen molar-refractivity contribution in [1.29, 1.82) is 0 Å². The molecule has 0 saturated heterocycles. The number of nitrogens with zero attached hydrogens (tertiary/aromatic N) is 3. The number of carbonyl (C=O) groups excluding carboxylic acids is 1. The third kappa shape index (κ3) is 3.25. The van der Waals surface area contributed by atoms with Crippen molar-refractivity contribution < 1.29 is 18.3 Å². The van der Waals surface area contributed by atoms with E-state index in [-0.39, 0.29) is 22.3 Å². The maximum atomic E-state index is 13.9. The summed E-state index contributed by atoms with van der Waals surface area (Å²) in [6, 6.07) is 19.1. The molecule has 0 saturated carbocycles. The van der Waals surface area contributed by atoms with E-state index in [0.29, 0.717) is 22.2 Å². The summed E-state index contributed by atoms with van der Waals surface area (Å²) in [4.78, 5) is 28.3. The predicted octanol–water partition coefficient (Wildman–Crippen LogP) is 5.33. The molecule has 1 aliphatic rings. The number of benzene rings is 3. The fraction of sp³-hybridized carbons (Fsp3) is 0.0400. The lowest BCUT2D eigenvalue weighted by atomic mass is 9.98. The van der Waals surface area contributed by atoms with Crippen LogP contribution in [0.25, 0.3) is 11.0 Å². The molecule has 0 aliphatic carbocycles. The van der Waals surface area contributed by atoms with Gasteiger partial charge >= 0.3 is 0 Å². The highest BCUT2D eigenvalue weighted by atomic mass is 32.1. The second-order valence-electron chi connectivity index (χ2n) is 7.60. The van der Waals surface area contributed by atoms with Gasteiger partial charge in [0, 0.05) is 0 Å². The van der Waals surface area contributed by atoms with Crippen LogP contribution in [-0.4, -0.2) is 16.1 Å². The molecule has 0 fully saturated rings. The fourth-order valence-corrected chi connectivity index (χ4v) is 4.69. The number of ether oxygens (including phenoxy) is 1. The molecule has 34 heavy (non-hydrogen) atoms. The number of hydrogen-bond donors (Lipinski definition) is 0. The smallest absolute Gasteiger partial charge is 0.297 e. The maximum Gasteiger partial charge on any atom is 0.297 e. The molecule has 7 nitrogen and oxygen atoms in total. The number of carbonyl (C=O) groups is 1. The third-order valence-electron chi connectivity index (χ3n) is 5.54. The monoisotopic (exact) mass is 471 g/mol. The Bertz CT molecular complexity index is 1600. The molecular weight excluding hydrogens is 457 g/mol. The van der Waals surface area contributed by atoms with Crippen molar-refractivity contribution in [1.82, 2.24) is 10.2 Å². The molecule has 0 spiro atoms. The zero-order valence-corrected chi connectivity index (χ0v) is 18.2. The summed E-state index contributed by atoms with van der Waals surface area (Å²) in [5, 5.41) is 8.27. The van der Waals surface area contributed by atoms with Crippen molar-refractivity contribution >= 4 is 33.3 Å². The highest BCUT2D eigenvalue weighted by Gasteiger charge is 2.45. The number of amides is 1. The van der Waals surface area contributed by atoms with Crippen LogP contribution in [0.2, 0.25) is 0 Å². The van der Waals surface area contributed by atoms with E-state index in [2.05, 4.69) is 10.2 Å². The average molecular weight is 471 g/mol. The van der Waals surface area contributed by atoms with Crippen molar-refractivity contribution in [2.45, 2.75) is 6.04 Å². The minimum Gasteiger partial charge on any atom is -0.457 e. The first kappa shape index (κ1) is 20.3. The van der Waals surface area contributed by atoms with Crippen molar-refractivity contribution in [3.8, 4) is 11.5 Å². The summed E-state index contributed by atoms with van der Waals surface area (Å²) < 4.78 is 25.7. The summed E-state index contributed by atoms with van der Waals surface area (Å²) in [5.41, 5.74) is 1.89. The lowest BCUT2D eigenvalue weighted by molar-refractivity contribution is 0.0970. The van der Waals surface area contributed by atoms with E-state index in [1.54, 1.807) is 24.3 Å². The summed E-state index contributed by atoms with van der Waals surface area (Å²) in [6.07, 6.45) is 0. The Kier molecular flexibility index (Phi) is 4.70. The van der Waals surface area contributed by atoms with Crippen molar-refractivity contribution in [3.05, 3.63) is 111 Å². The van der Waals surface area contributed by atoms with E-state index in [1.807, 2.05) is 30.3 Å². The van der Waals surface area contributed by atoms with Gasteiger partial charge in [0.25, 0.3) is 5.91 Å². The van der Waals surface area contributed by atoms with E-state index in [4.69, 9.17) is 9.15 Å². The number of rotatable bonds is 4. The molecule has 0 bridgehead atoms. The van der Waals surface area contributed by atoms with Gasteiger partial charge in [-0.15, -0.1) is 10.2 Å². The highest BCUT2D eigenvalue weighted by Crippen LogP contribution is 2.42. The third-order valence-corrected chi connectivity index (χ3v) is 6.23. The Hall–Kier alpha value is -4.37. The van der Waals surface area contributed by atoms with Crippen LogP contribution in [0.4, 0.5) is 9.52 Å². The van der Waals surface area contributed by atoms with Crippen LogP contribution in [-0.2, 0) is 0 Å². The predicted molar refractivity (Wildman–Crippen MR) is 124 cm³/mol. The van der Waals surface area contributed by atoms with Gasteiger partial charge in [-0.1, -0.05) is 41.7 Å². The van der Waals surface area contributed by atoms with Crippen LogP contribution in [0.3, 0.4) is 0 Å². The molecule has 1 amide bonds. The Labute approximate surface area is 195 Å². The molecule has 9 heteroatoms. The Balaban J connectivity index is 1.55. The van der Waals surface area contributed by atoms with Crippen LogP contribution in [0.5, 0.6) is 11.5 Å². The number of hydrogen-bond acceptors (Lipinski definition) is 7. The van der Waals surface area contributed by atoms with Crippen molar-refractivity contribution in [2.75, 3.05) is 4.90 Å². The molecule has 6 rings (SSSR count). The molecule has 3 aromatic carbocycles. The molecule has 1 unspecified atom stereocenters. The molecule has 0 N–H and O–H groups in total. The highest BCUT2D eigenvalue weighted by molar-refractivity contribution is 7.13. The van der Waals surface area contributed by atoms with Crippen LogP contribution < -0.4 is 15.1 Å². The van der Waals surface area contributed by atoms with Crippen molar-refractivity contribution in [2.24, 2.45) is 0 Å². The molecule has 1 atom stereocenters. The molecule has 1 aliphatic heterocycles. The molecule has 5 aromatic rings. The lowest BCUT2D eigenvalue weighted by Gasteiger charge is -2.22. The van der Waals surface area contributed by atoms with Crippen molar-refractivity contribution in [3.63, 3.8) is 0 Å². The van der Waals surface area contributed by atoms with Gasteiger partial charge in [0.2, 0.25) is 10.9 Å². The molecule has 2 aromatic heterocycles. The van der Waals surface area contributed by atoms with Gasteiger partial charge in [-0.3, -0.25) is 14.5 Å². The van der Waals surface area contributed by atoms with E-state index in [0.717, 1.165) is 17.4 Å². The normalized spacial score (nSPS) is 15.0. The Morgan fingerprint density at radius 3 is 2.59 bits per heavy atom.